The Morgan fingerprint density at radius 2 is 2.10 bits per heavy atom. The molecule has 2 aromatic heterocycles. The van der Waals surface area contributed by atoms with E-state index in [2.05, 4.69) is 9.97 Å². The largest absolute Gasteiger partial charge is 0.394 e. The van der Waals surface area contributed by atoms with Crippen molar-refractivity contribution in [2.75, 3.05) is 12.3 Å². The Morgan fingerprint density at radius 1 is 1.35 bits per heavy atom. The molecule has 2 aromatic rings. The average molecular weight is 284 g/mol. The number of rotatable bonds is 2. The number of hydrogen-bond donors (Lipinski definition) is 4. The minimum atomic E-state index is -1.32. The third-order valence-corrected chi connectivity index (χ3v) is 3.37. The van der Waals surface area contributed by atoms with E-state index in [-0.39, 0.29) is 16.9 Å². The van der Waals surface area contributed by atoms with E-state index in [1.54, 1.807) is 0 Å². The van der Waals surface area contributed by atoms with E-state index in [1.165, 1.54) is 17.1 Å². The minimum Gasteiger partial charge on any atom is -0.394 e. The van der Waals surface area contributed by atoms with E-state index in [0.717, 1.165) is 0 Å². The Hall–Kier alpha value is -1.81. The van der Waals surface area contributed by atoms with Crippen molar-refractivity contribution in [3.8, 4) is 0 Å². The summed E-state index contributed by atoms with van der Waals surface area (Å²) < 4.78 is 20.6. The van der Waals surface area contributed by atoms with Gasteiger partial charge in [-0.25, -0.2) is 14.4 Å². The summed E-state index contributed by atoms with van der Waals surface area (Å²) in [6.07, 6.45) is -2.05. The summed E-state index contributed by atoms with van der Waals surface area (Å²) in [5.41, 5.74) is 5.67. The number of nitrogen functional groups attached to an aromatic ring is 1. The summed E-state index contributed by atoms with van der Waals surface area (Å²) in [7, 11) is 0. The molecule has 0 aromatic carbocycles. The second-order valence-corrected chi connectivity index (χ2v) is 4.57. The van der Waals surface area contributed by atoms with Crippen molar-refractivity contribution in [2.45, 2.75) is 24.5 Å². The van der Waals surface area contributed by atoms with Gasteiger partial charge in [0.15, 0.2) is 17.9 Å². The van der Waals surface area contributed by atoms with Gasteiger partial charge in [0, 0.05) is 0 Å². The monoisotopic (exact) mass is 284 g/mol. The molecule has 0 saturated carbocycles. The number of anilines is 1. The zero-order valence-electron chi connectivity index (χ0n) is 10.2. The van der Waals surface area contributed by atoms with Crippen LogP contribution in [0.25, 0.3) is 11.0 Å². The summed E-state index contributed by atoms with van der Waals surface area (Å²) in [6, 6.07) is 0. The van der Waals surface area contributed by atoms with Crippen LogP contribution in [0.3, 0.4) is 0 Å². The molecule has 5 N–H and O–H groups in total. The van der Waals surface area contributed by atoms with Gasteiger partial charge in [0.2, 0.25) is 0 Å². The summed E-state index contributed by atoms with van der Waals surface area (Å²) in [5.74, 6) is -1.08. The van der Waals surface area contributed by atoms with E-state index >= 15 is 0 Å². The maximum atomic E-state index is 14.1. The standard InChI is InChI=1S/C11H13FN4O4/c12-6-7-4(1-14-10(6)13)15-3-16(7)11-9(19)8(18)5(2-17)20-11/h1,3,5,8-9,11,17-19H,2H2,(H2,13,14)/t5-,8-,9-,11-/m1/s1. The van der Waals surface area contributed by atoms with Crippen LogP contribution in [0.5, 0.6) is 0 Å². The first-order chi connectivity index (χ1) is 9.54. The SMILES string of the molecule is Nc1ncc2ncn([C@@H]3O[C@H](CO)[C@@H](O)[C@H]3O)c2c1F. The molecule has 0 unspecified atom stereocenters. The Labute approximate surface area is 112 Å². The minimum absolute atomic E-state index is 0.0207. The molecule has 1 aliphatic heterocycles. The number of imidazole rings is 1. The number of nitrogens with two attached hydrogens (primary N) is 1. The van der Waals surface area contributed by atoms with Gasteiger partial charge in [-0.1, -0.05) is 0 Å². The molecular formula is C11H13FN4O4. The lowest BCUT2D eigenvalue weighted by Gasteiger charge is -2.17. The molecule has 0 radical (unpaired) electrons. The van der Waals surface area contributed by atoms with Crippen molar-refractivity contribution in [2.24, 2.45) is 0 Å². The van der Waals surface area contributed by atoms with Crippen LogP contribution in [0.1, 0.15) is 6.23 Å². The molecule has 8 nitrogen and oxygen atoms in total. The van der Waals surface area contributed by atoms with Gasteiger partial charge in [0.05, 0.1) is 19.1 Å². The van der Waals surface area contributed by atoms with Crippen LogP contribution in [0.4, 0.5) is 10.2 Å². The first-order valence-corrected chi connectivity index (χ1v) is 5.93. The molecule has 1 saturated heterocycles. The molecule has 108 valence electrons. The zero-order valence-corrected chi connectivity index (χ0v) is 10.2. The zero-order chi connectivity index (χ0) is 14.4. The van der Waals surface area contributed by atoms with Crippen molar-refractivity contribution in [1.82, 2.24) is 14.5 Å². The Bertz CT molecular complexity index is 649. The molecule has 1 aliphatic rings. The fourth-order valence-electron chi connectivity index (χ4n) is 2.31. The molecule has 0 spiro atoms. The first-order valence-electron chi connectivity index (χ1n) is 5.93. The quantitative estimate of drug-likeness (QED) is 0.543. The van der Waals surface area contributed by atoms with E-state index in [9.17, 15) is 14.6 Å². The second-order valence-electron chi connectivity index (χ2n) is 4.57. The Kier molecular flexibility index (Phi) is 3.05. The van der Waals surface area contributed by atoms with Gasteiger partial charge < -0.3 is 25.8 Å². The van der Waals surface area contributed by atoms with Crippen LogP contribution < -0.4 is 5.73 Å². The van der Waals surface area contributed by atoms with Crippen molar-refractivity contribution in [3.63, 3.8) is 0 Å². The predicted molar refractivity (Wildman–Crippen MR) is 64.9 cm³/mol. The van der Waals surface area contributed by atoms with Gasteiger partial charge in [-0.05, 0) is 0 Å². The van der Waals surface area contributed by atoms with Crippen LogP contribution in [0, 0.1) is 5.82 Å². The van der Waals surface area contributed by atoms with Gasteiger partial charge in [-0.15, -0.1) is 0 Å². The normalized spacial score (nSPS) is 30.2. The number of pyridine rings is 1. The summed E-state index contributed by atoms with van der Waals surface area (Å²) in [4.78, 5) is 7.59. The Balaban J connectivity index is 2.09. The first kappa shape index (κ1) is 13.2. The molecule has 9 heteroatoms. The lowest BCUT2D eigenvalue weighted by atomic mass is 10.1. The molecule has 3 rings (SSSR count). The highest BCUT2D eigenvalue weighted by molar-refractivity contribution is 5.77. The van der Waals surface area contributed by atoms with Crippen molar-refractivity contribution in [3.05, 3.63) is 18.3 Å². The van der Waals surface area contributed by atoms with Crippen molar-refractivity contribution in [1.29, 1.82) is 0 Å². The molecule has 0 amide bonds. The van der Waals surface area contributed by atoms with Gasteiger partial charge in [0.1, 0.15) is 29.3 Å². The number of nitrogens with zero attached hydrogens (tertiary/aromatic N) is 3. The third-order valence-electron chi connectivity index (χ3n) is 3.37. The molecule has 1 fully saturated rings. The number of aromatic nitrogens is 3. The van der Waals surface area contributed by atoms with Crippen molar-refractivity contribution >= 4 is 16.9 Å². The van der Waals surface area contributed by atoms with E-state index in [1.807, 2.05) is 0 Å². The fraction of sp³-hybridized carbons (Fsp3) is 0.455. The van der Waals surface area contributed by atoms with E-state index < -0.39 is 37.0 Å². The summed E-state index contributed by atoms with van der Waals surface area (Å²) >= 11 is 0. The van der Waals surface area contributed by atoms with E-state index in [4.69, 9.17) is 15.6 Å². The maximum Gasteiger partial charge on any atom is 0.191 e. The van der Waals surface area contributed by atoms with Crippen LogP contribution in [-0.2, 0) is 4.74 Å². The maximum absolute atomic E-state index is 14.1. The predicted octanol–water partition coefficient (Wildman–Crippen LogP) is -1.24. The highest BCUT2D eigenvalue weighted by atomic mass is 19.1. The topological polar surface area (TPSA) is 127 Å². The number of aliphatic hydroxyl groups excluding tert-OH is 3. The van der Waals surface area contributed by atoms with Crippen LogP contribution >= 0.6 is 0 Å². The fourth-order valence-corrected chi connectivity index (χ4v) is 2.31. The number of hydrogen-bond acceptors (Lipinski definition) is 7. The lowest BCUT2D eigenvalue weighted by Crippen LogP contribution is -2.33. The molecule has 0 bridgehead atoms. The van der Waals surface area contributed by atoms with Crippen LogP contribution in [-0.4, -0.2) is 54.8 Å². The van der Waals surface area contributed by atoms with Crippen LogP contribution in [0.2, 0.25) is 0 Å². The Morgan fingerprint density at radius 3 is 2.75 bits per heavy atom. The van der Waals surface area contributed by atoms with Gasteiger partial charge in [-0.3, -0.25) is 4.57 Å². The number of fused-ring (bicyclic) bond motifs is 1. The highest BCUT2D eigenvalue weighted by Crippen LogP contribution is 2.32. The number of halogens is 1. The van der Waals surface area contributed by atoms with Crippen LogP contribution in [0.15, 0.2) is 12.5 Å². The van der Waals surface area contributed by atoms with Gasteiger partial charge in [-0.2, -0.15) is 0 Å². The molecule has 4 atom stereocenters. The summed E-state index contributed by atoms with van der Waals surface area (Å²) in [5, 5.41) is 28.7. The molecular weight excluding hydrogens is 271 g/mol. The summed E-state index contributed by atoms with van der Waals surface area (Å²) in [6.45, 7) is -0.465. The molecule has 3 heterocycles. The highest BCUT2D eigenvalue weighted by Gasteiger charge is 2.44. The number of ether oxygens (including phenoxy) is 1. The number of aliphatic hydroxyl groups is 3. The lowest BCUT2D eigenvalue weighted by molar-refractivity contribution is -0.0510. The van der Waals surface area contributed by atoms with E-state index in [0.29, 0.717) is 0 Å². The molecule has 0 aliphatic carbocycles. The smallest absolute Gasteiger partial charge is 0.191 e. The van der Waals surface area contributed by atoms with Gasteiger partial charge in [0.25, 0.3) is 0 Å². The molecule has 20 heavy (non-hydrogen) atoms. The third kappa shape index (κ3) is 1.75. The van der Waals surface area contributed by atoms with Gasteiger partial charge >= 0.3 is 0 Å². The van der Waals surface area contributed by atoms with Crippen molar-refractivity contribution < 1.29 is 24.4 Å². The second kappa shape index (κ2) is 4.63. The average Bonchev–Trinajstić information content (AvgIpc) is 2.98.